The van der Waals surface area contributed by atoms with Crippen LogP contribution in [0.3, 0.4) is 0 Å². The van der Waals surface area contributed by atoms with Crippen LogP contribution in [0.2, 0.25) is 0 Å². The second-order valence-electron chi connectivity index (χ2n) is 6.52. The third-order valence-corrected chi connectivity index (χ3v) is 4.36. The number of benzene rings is 3. The minimum atomic E-state index is -1.13. The summed E-state index contributed by atoms with van der Waals surface area (Å²) in [5.41, 5.74) is 2.39. The molecule has 189 valence electrons. The van der Waals surface area contributed by atoms with Crippen molar-refractivity contribution in [2.24, 2.45) is 0 Å². The maximum absolute atomic E-state index is 10.1. The van der Waals surface area contributed by atoms with Gasteiger partial charge in [0.2, 0.25) is 0 Å². The number of rotatable bonds is 2. The zero-order chi connectivity index (χ0) is 22.8. The number of hydrogen-bond donors (Lipinski definition) is 0. The smallest absolute Gasteiger partial charge is 0.545 e. The van der Waals surface area contributed by atoms with Crippen molar-refractivity contribution >= 4 is 33.7 Å². The van der Waals surface area contributed by atoms with Gasteiger partial charge in [-0.25, -0.2) is 0 Å². The Hall–Kier alpha value is -4.19. The van der Waals surface area contributed by atoms with Crippen LogP contribution in [0.5, 0.6) is 0 Å². The average Bonchev–Trinajstić information content (AvgIpc) is 2.86. The molecule has 0 amide bonds. The molecule has 5 aromatic rings. The van der Waals surface area contributed by atoms with Gasteiger partial charge in [-0.3, -0.25) is 9.97 Å². The number of carboxylic acids is 2. The molecule has 5 rings (SSSR count). The van der Waals surface area contributed by atoms with Gasteiger partial charge in [-0.15, -0.1) is 0 Å². The summed E-state index contributed by atoms with van der Waals surface area (Å²) in [5.74, 6) is -2.26. The molecule has 36 heavy (non-hydrogen) atoms. The molecule has 2 heterocycles. The van der Waals surface area contributed by atoms with Gasteiger partial charge >= 0.3 is 16.8 Å². The molecule has 0 spiro atoms. The molecule has 1 radical (unpaired) electrons. The zero-order valence-electron chi connectivity index (χ0n) is 19.0. The molecular formula is C26H27CoN2O7+3. The summed E-state index contributed by atoms with van der Waals surface area (Å²) in [7, 11) is 0. The first kappa shape index (κ1) is 34.0. The fourth-order valence-electron chi connectivity index (χ4n) is 2.83. The van der Waals surface area contributed by atoms with Crippen molar-refractivity contribution in [2.75, 3.05) is 0 Å². The van der Waals surface area contributed by atoms with Gasteiger partial charge in [0.25, 0.3) is 0 Å². The monoisotopic (exact) mass is 538 g/mol. The third-order valence-electron chi connectivity index (χ3n) is 4.36. The number of fused-ring (bicyclic) bond motifs is 3. The third kappa shape index (κ3) is 9.58. The van der Waals surface area contributed by atoms with Gasteiger partial charge in [0, 0.05) is 23.2 Å². The first-order valence-electron chi connectivity index (χ1n) is 9.67. The molecule has 0 bridgehead atoms. The number of pyridine rings is 2. The van der Waals surface area contributed by atoms with E-state index in [0.717, 1.165) is 21.8 Å². The Morgan fingerprint density at radius 3 is 1.11 bits per heavy atom. The second-order valence-corrected chi connectivity index (χ2v) is 6.52. The van der Waals surface area contributed by atoms with Gasteiger partial charge in [0.05, 0.1) is 23.0 Å². The van der Waals surface area contributed by atoms with E-state index in [1.54, 1.807) is 48.8 Å². The molecule has 9 nitrogen and oxygen atoms in total. The standard InChI is InChI=1S/C12H8N2.2C7H6O2.Co.3H2O/c1-3-9-5-6-10-4-2-8-14-12(10)11(9)13-7-1;2*8-7(9)6-4-2-1-3-5-6;;;;/h1-8H;2*1-5H,(H,8,9);;3*1H2/q;;;+2;;;/p+1. The quantitative estimate of drug-likeness (QED) is 0.225. The Morgan fingerprint density at radius 1 is 0.500 bits per heavy atom. The van der Waals surface area contributed by atoms with Crippen LogP contribution in [0.25, 0.3) is 21.8 Å². The molecule has 0 atom stereocenters. The molecule has 9 N–H and O–H groups in total. The Bertz CT molecular complexity index is 1230. The summed E-state index contributed by atoms with van der Waals surface area (Å²) in [6.45, 7) is 0. The van der Waals surface area contributed by atoms with Crippen LogP contribution in [0.15, 0.2) is 109 Å². The average molecular weight is 538 g/mol. The number of carbonyl (C=O) groups excluding carboxylic acids is 2. The van der Waals surface area contributed by atoms with Gasteiger partial charge in [-0.05, 0) is 23.3 Å². The molecule has 0 unspecified atom stereocenters. The van der Waals surface area contributed by atoms with Crippen LogP contribution in [0.1, 0.15) is 20.7 Å². The number of carbonyl (C=O) groups is 2. The molecule has 0 saturated carbocycles. The molecular weight excluding hydrogens is 511 g/mol. The van der Waals surface area contributed by atoms with E-state index in [9.17, 15) is 19.8 Å². The summed E-state index contributed by atoms with van der Waals surface area (Å²) in [6, 6.07) is 28.3. The molecule has 2 aromatic heterocycles. The van der Waals surface area contributed by atoms with Gasteiger partial charge in [0.15, 0.2) is 0 Å². The number of aromatic carboxylic acids is 2. The van der Waals surface area contributed by atoms with E-state index in [4.69, 9.17) is 0 Å². The maximum atomic E-state index is 10.1. The predicted octanol–water partition coefficient (Wildman–Crippen LogP) is 0.115. The summed E-state index contributed by atoms with van der Waals surface area (Å²) < 4.78 is 0. The van der Waals surface area contributed by atoms with Crippen LogP contribution in [0, 0.1) is 0 Å². The first-order chi connectivity index (χ1) is 15.6. The molecule has 3 aromatic carbocycles. The SMILES string of the molecule is O=C([O-])c1ccccc1.O=C([O-])c1ccccc1.[Co+2].[OH3+].[OH3+].[OH3+].c1cnc2c(c1)ccc1cccnc12. The van der Waals surface area contributed by atoms with Crippen LogP contribution >= 0.6 is 0 Å². The zero-order valence-corrected chi connectivity index (χ0v) is 20.0. The molecule has 0 fully saturated rings. The van der Waals surface area contributed by atoms with Crippen molar-refractivity contribution in [1.29, 1.82) is 0 Å². The Labute approximate surface area is 217 Å². The normalized spacial score (nSPS) is 8.67. The molecule has 0 saturated heterocycles. The fourth-order valence-corrected chi connectivity index (χ4v) is 2.83. The summed E-state index contributed by atoms with van der Waals surface area (Å²) >= 11 is 0. The van der Waals surface area contributed by atoms with Gasteiger partial charge in [0.1, 0.15) is 0 Å². The largest absolute Gasteiger partial charge is 2.00 e. The van der Waals surface area contributed by atoms with Crippen LogP contribution in [-0.4, -0.2) is 21.9 Å². The summed E-state index contributed by atoms with van der Waals surface area (Å²) in [5, 5.41) is 22.5. The maximum Gasteiger partial charge on any atom is 2.00 e. The first-order valence-corrected chi connectivity index (χ1v) is 9.67. The minimum absolute atomic E-state index is 0. The van der Waals surface area contributed by atoms with Crippen molar-refractivity contribution in [2.45, 2.75) is 0 Å². The Balaban J connectivity index is 0. The topological polar surface area (TPSA) is 205 Å². The Kier molecular flexibility index (Phi) is 16.3. The number of carboxylic acid groups (broad SMARTS) is 2. The fraction of sp³-hybridized carbons (Fsp3) is 0. The van der Waals surface area contributed by atoms with E-state index in [1.807, 2.05) is 12.1 Å². The van der Waals surface area contributed by atoms with E-state index in [0.29, 0.717) is 0 Å². The van der Waals surface area contributed by atoms with E-state index in [-0.39, 0.29) is 44.3 Å². The van der Waals surface area contributed by atoms with Crippen LogP contribution in [0.4, 0.5) is 0 Å². The van der Waals surface area contributed by atoms with Crippen molar-refractivity contribution in [3.63, 3.8) is 0 Å². The van der Waals surface area contributed by atoms with Gasteiger partial charge in [-0.2, -0.15) is 0 Å². The second kappa shape index (κ2) is 17.3. The van der Waals surface area contributed by atoms with Gasteiger partial charge < -0.3 is 36.2 Å². The number of nitrogens with zero attached hydrogens (tertiary/aromatic N) is 2. The predicted molar refractivity (Wildman–Crippen MR) is 133 cm³/mol. The molecule has 10 heteroatoms. The van der Waals surface area contributed by atoms with E-state index in [1.165, 1.54) is 24.3 Å². The summed E-state index contributed by atoms with van der Waals surface area (Å²) in [4.78, 5) is 28.9. The van der Waals surface area contributed by atoms with Crippen LogP contribution in [-0.2, 0) is 33.2 Å². The molecule has 0 aliphatic heterocycles. The van der Waals surface area contributed by atoms with Crippen molar-refractivity contribution < 1.29 is 53.0 Å². The van der Waals surface area contributed by atoms with Crippen molar-refractivity contribution in [1.82, 2.24) is 9.97 Å². The van der Waals surface area contributed by atoms with E-state index >= 15 is 0 Å². The van der Waals surface area contributed by atoms with E-state index in [2.05, 4.69) is 34.2 Å². The van der Waals surface area contributed by atoms with Crippen LogP contribution < -0.4 is 10.2 Å². The Morgan fingerprint density at radius 2 is 0.833 bits per heavy atom. The van der Waals surface area contributed by atoms with Gasteiger partial charge in [-0.1, -0.05) is 84.9 Å². The van der Waals surface area contributed by atoms with Crippen molar-refractivity contribution in [3.8, 4) is 0 Å². The summed E-state index contributed by atoms with van der Waals surface area (Å²) in [6.07, 6.45) is 3.60. The number of hydrogen-bond acceptors (Lipinski definition) is 6. The van der Waals surface area contributed by atoms with Crippen molar-refractivity contribution in [3.05, 3.63) is 121 Å². The molecule has 0 aliphatic rings. The number of aromatic nitrogens is 2. The molecule has 0 aliphatic carbocycles. The van der Waals surface area contributed by atoms with E-state index < -0.39 is 11.9 Å². The minimum Gasteiger partial charge on any atom is -0.545 e.